The van der Waals surface area contributed by atoms with E-state index < -0.39 is 0 Å². The van der Waals surface area contributed by atoms with Crippen LogP contribution in [-0.2, 0) is 17.7 Å². The van der Waals surface area contributed by atoms with Crippen molar-refractivity contribution in [2.75, 3.05) is 13.7 Å². The second kappa shape index (κ2) is 8.49. The fraction of sp³-hybridized carbons (Fsp3) is 0.875. The second-order valence-corrected chi connectivity index (χ2v) is 5.91. The van der Waals surface area contributed by atoms with Crippen molar-refractivity contribution in [3.8, 4) is 0 Å². The van der Waals surface area contributed by atoms with Crippen LogP contribution in [0.1, 0.15) is 51.8 Å². The maximum absolute atomic E-state index is 6.14. The number of likely N-dealkylation sites (N-methyl/N-ethyl adjacent to an activating group) is 1. The van der Waals surface area contributed by atoms with Gasteiger partial charge in [0.25, 0.3) is 0 Å². The monoisotopic (exact) mass is 294 g/mol. The molecule has 1 aromatic heterocycles. The van der Waals surface area contributed by atoms with E-state index in [1.807, 2.05) is 11.7 Å². The van der Waals surface area contributed by atoms with Gasteiger partial charge in [0, 0.05) is 25.6 Å². The minimum atomic E-state index is 0.280. The van der Waals surface area contributed by atoms with E-state index in [2.05, 4.69) is 29.2 Å². The summed E-state index contributed by atoms with van der Waals surface area (Å²) in [6.45, 7) is 5.85. The molecule has 0 bridgehead atoms. The van der Waals surface area contributed by atoms with Crippen LogP contribution in [0.5, 0.6) is 0 Å². The molecule has 5 heteroatoms. The maximum Gasteiger partial charge on any atom is 0.138 e. The smallest absolute Gasteiger partial charge is 0.138 e. The zero-order valence-corrected chi connectivity index (χ0v) is 13.7. The Kier molecular flexibility index (Phi) is 6.64. The Balaban J connectivity index is 2.07. The lowest BCUT2D eigenvalue weighted by atomic mass is 9.81. The van der Waals surface area contributed by atoms with Crippen molar-refractivity contribution in [1.29, 1.82) is 0 Å². The third-order valence-corrected chi connectivity index (χ3v) is 4.64. The van der Waals surface area contributed by atoms with Gasteiger partial charge in [-0.1, -0.05) is 19.3 Å². The first kappa shape index (κ1) is 16.4. The molecule has 0 aliphatic heterocycles. The second-order valence-electron chi connectivity index (χ2n) is 5.91. The van der Waals surface area contributed by atoms with E-state index in [9.17, 15) is 0 Å². The average Bonchev–Trinajstić information content (AvgIpc) is 2.98. The molecule has 2 unspecified atom stereocenters. The summed E-state index contributed by atoms with van der Waals surface area (Å²) in [5.41, 5.74) is 0. The van der Waals surface area contributed by atoms with Gasteiger partial charge in [0.15, 0.2) is 0 Å². The fourth-order valence-electron chi connectivity index (χ4n) is 3.53. The van der Waals surface area contributed by atoms with Gasteiger partial charge in [-0.25, -0.2) is 4.98 Å². The minimum Gasteiger partial charge on any atom is -0.377 e. The molecule has 1 heterocycles. The van der Waals surface area contributed by atoms with Gasteiger partial charge < -0.3 is 10.1 Å². The van der Waals surface area contributed by atoms with E-state index in [-0.39, 0.29) is 6.10 Å². The largest absolute Gasteiger partial charge is 0.377 e. The number of nitrogens with one attached hydrogen (secondary N) is 1. The van der Waals surface area contributed by atoms with Crippen LogP contribution in [-0.4, -0.2) is 40.6 Å². The van der Waals surface area contributed by atoms with Crippen LogP contribution in [0.25, 0.3) is 0 Å². The van der Waals surface area contributed by atoms with E-state index in [0.29, 0.717) is 12.0 Å². The highest BCUT2D eigenvalue weighted by molar-refractivity contribution is 4.94. The summed E-state index contributed by atoms with van der Waals surface area (Å²) in [5, 5.41) is 7.74. The number of nitrogens with zero attached hydrogens (tertiary/aromatic N) is 3. The summed E-state index contributed by atoms with van der Waals surface area (Å²) in [5.74, 6) is 1.73. The van der Waals surface area contributed by atoms with Crippen LogP contribution in [0, 0.1) is 5.92 Å². The van der Waals surface area contributed by atoms with Crippen molar-refractivity contribution in [1.82, 2.24) is 20.1 Å². The molecule has 0 amide bonds. The van der Waals surface area contributed by atoms with Crippen LogP contribution in [0.4, 0.5) is 0 Å². The van der Waals surface area contributed by atoms with Gasteiger partial charge in [0.1, 0.15) is 12.2 Å². The minimum absolute atomic E-state index is 0.280. The third-order valence-electron chi connectivity index (χ3n) is 4.64. The van der Waals surface area contributed by atoms with Crippen molar-refractivity contribution >= 4 is 0 Å². The van der Waals surface area contributed by atoms with E-state index in [0.717, 1.165) is 25.4 Å². The Bertz CT molecular complexity index is 401. The first-order chi connectivity index (χ1) is 10.3. The highest BCUT2D eigenvalue weighted by Crippen LogP contribution is 2.30. The predicted molar refractivity (Wildman–Crippen MR) is 84.2 cm³/mol. The summed E-state index contributed by atoms with van der Waals surface area (Å²) in [6, 6.07) is 0.308. The molecule has 0 saturated heterocycles. The topological polar surface area (TPSA) is 52.0 Å². The molecule has 0 radical (unpaired) electrons. The van der Waals surface area contributed by atoms with Gasteiger partial charge in [-0.15, -0.1) is 0 Å². The quantitative estimate of drug-likeness (QED) is 0.800. The van der Waals surface area contributed by atoms with E-state index in [4.69, 9.17) is 4.74 Å². The number of aryl methyl sites for hydroxylation is 1. The van der Waals surface area contributed by atoms with E-state index >= 15 is 0 Å². The normalized spacial score (nSPS) is 19.6. The number of hydrogen-bond donors (Lipinski definition) is 1. The first-order valence-electron chi connectivity index (χ1n) is 8.45. The van der Waals surface area contributed by atoms with Gasteiger partial charge in [-0.2, -0.15) is 5.10 Å². The van der Waals surface area contributed by atoms with Crippen LogP contribution >= 0.6 is 0 Å². The van der Waals surface area contributed by atoms with Gasteiger partial charge in [-0.05, 0) is 39.7 Å². The Morgan fingerprint density at radius 2 is 2.10 bits per heavy atom. The van der Waals surface area contributed by atoms with E-state index in [1.54, 1.807) is 6.33 Å². The Morgan fingerprint density at radius 3 is 2.71 bits per heavy atom. The number of hydrogen-bond acceptors (Lipinski definition) is 4. The molecule has 0 spiro atoms. The van der Waals surface area contributed by atoms with Crippen LogP contribution in [0.3, 0.4) is 0 Å². The Morgan fingerprint density at radius 1 is 1.33 bits per heavy atom. The van der Waals surface area contributed by atoms with Gasteiger partial charge in [-0.3, -0.25) is 4.68 Å². The molecule has 1 N–H and O–H groups in total. The summed E-state index contributed by atoms with van der Waals surface area (Å²) in [4.78, 5) is 4.42. The molecule has 1 aliphatic carbocycles. The van der Waals surface area contributed by atoms with Crippen LogP contribution < -0.4 is 5.32 Å². The van der Waals surface area contributed by atoms with Crippen molar-refractivity contribution in [2.45, 2.75) is 71.1 Å². The zero-order chi connectivity index (χ0) is 15.1. The average molecular weight is 294 g/mol. The Hall–Kier alpha value is -0.940. The predicted octanol–water partition coefficient (Wildman–Crippen LogP) is 2.41. The summed E-state index contributed by atoms with van der Waals surface area (Å²) in [6.07, 6.45) is 9.47. The zero-order valence-electron chi connectivity index (χ0n) is 13.7. The summed E-state index contributed by atoms with van der Waals surface area (Å²) in [7, 11) is 2.03. The molecule has 2 rings (SSSR count). The molecule has 120 valence electrons. The third kappa shape index (κ3) is 4.27. The molecule has 2 atom stereocenters. The standard InChI is InChI=1S/C16H30N4O/c1-4-20-15(18-12-19-20)11-14(17-3)16(21-5-2)13-9-7-6-8-10-13/h12-14,16-17H,4-11H2,1-3H3. The summed E-state index contributed by atoms with van der Waals surface area (Å²) < 4.78 is 8.12. The highest BCUT2D eigenvalue weighted by atomic mass is 16.5. The lowest BCUT2D eigenvalue weighted by Crippen LogP contribution is -2.46. The van der Waals surface area contributed by atoms with Gasteiger partial charge in [0.05, 0.1) is 6.10 Å². The number of ether oxygens (including phenoxy) is 1. The number of rotatable bonds is 8. The summed E-state index contributed by atoms with van der Waals surface area (Å²) >= 11 is 0. The van der Waals surface area contributed by atoms with Crippen molar-refractivity contribution in [3.63, 3.8) is 0 Å². The molecule has 1 saturated carbocycles. The molecular formula is C16H30N4O. The molecule has 21 heavy (non-hydrogen) atoms. The van der Waals surface area contributed by atoms with E-state index in [1.165, 1.54) is 32.1 Å². The molecule has 0 aromatic carbocycles. The van der Waals surface area contributed by atoms with Crippen LogP contribution in [0.15, 0.2) is 6.33 Å². The molecule has 1 aliphatic rings. The van der Waals surface area contributed by atoms with Gasteiger partial charge >= 0.3 is 0 Å². The molecular weight excluding hydrogens is 264 g/mol. The molecule has 5 nitrogen and oxygen atoms in total. The fourth-order valence-corrected chi connectivity index (χ4v) is 3.53. The number of aromatic nitrogens is 3. The first-order valence-corrected chi connectivity index (χ1v) is 8.45. The SMILES string of the molecule is CCOC(C1CCCCC1)C(Cc1ncnn1CC)NC. The molecule has 1 fully saturated rings. The lowest BCUT2D eigenvalue weighted by molar-refractivity contribution is -0.0164. The van der Waals surface area contributed by atoms with Gasteiger partial charge in [0.2, 0.25) is 0 Å². The maximum atomic E-state index is 6.14. The highest BCUT2D eigenvalue weighted by Gasteiger charge is 2.31. The van der Waals surface area contributed by atoms with Crippen LogP contribution in [0.2, 0.25) is 0 Å². The van der Waals surface area contributed by atoms with Crippen molar-refractivity contribution in [2.24, 2.45) is 5.92 Å². The lowest BCUT2D eigenvalue weighted by Gasteiger charge is -2.35. The van der Waals surface area contributed by atoms with Crippen molar-refractivity contribution < 1.29 is 4.74 Å². The Labute approximate surface area is 128 Å². The molecule has 1 aromatic rings. The van der Waals surface area contributed by atoms with Crippen molar-refractivity contribution in [3.05, 3.63) is 12.2 Å².